The van der Waals surface area contributed by atoms with E-state index in [2.05, 4.69) is 48.7 Å². The van der Waals surface area contributed by atoms with Crippen LogP contribution in [-0.4, -0.2) is 59.1 Å². The van der Waals surface area contributed by atoms with Crippen molar-refractivity contribution >= 4 is 10.9 Å². The first kappa shape index (κ1) is 17.1. The molecule has 5 nitrogen and oxygen atoms in total. The highest BCUT2D eigenvalue weighted by molar-refractivity contribution is 5.82. The SMILES string of the molecule is CN1CCN(CCn2c(=O)nc(C(C)(C)C)c3ccccc32)CC1. The molecule has 1 aromatic carbocycles. The third-order valence-corrected chi connectivity index (χ3v) is 4.83. The van der Waals surface area contributed by atoms with Crippen LogP contribution < -0.4 is 5.69 Å². The number of benzene rings is 1. The van der Waals surface area contributed by atoms with E-state index in [1.807, 2.05) is 22.8 Å². The van der Waals surface area contributed by atoms with Gasteiger partial charge in [0, 0.05) is 50.1 Å². The largest absolute Gasteiger partial charge is 0.348 e. The Morgan fingerprint density at radius 3 is 2.38 bits per heavy atom. The normalized spacial score (nSPS) is 17.5. The third kappa shape index (κ3) is 3.52. The monoisotopic (exact) mass is 328 g/mol. The summed E-state index contributed by atoms with van der Waals surface area (Å²) in [6.45, 7) is 12.2. The second kappa shape index (κ2) is 6.65. The Morgan fingerprint density at radius 1 is 1.04 bits per heavy atom. The predicted molar refractivity (Wildman–Crippen MR) is 98.6 cm³/mol. The molecule has 1 fully saturated rings. The van der Waals surface area contributed by atoms with E-state index in [9.17, 15) is 4.79 Å². The molecule has 0 spiro atoms. The van der Waals surface area contributed by atoms with Gasteiger partial charge in [0.1, 0.15) is 0 Å². The Balaban J connectivity index is 1.91. The van der Waals surface area contributed by atoms with Crippen LogP contribution in [0.1, 0.15) is 26.5 Å². The molecular weight excluding hydrogens is 300 g/mol. The minimum absolute atomic E-state index is 0.132. The Morgan fingerprint density at radius 2 is 1.71 bits per heavy atom. The summed E-state index contributed by atoms with van der Waals surface area (Å²) in [4.78, 5) is 21.9. The maximum Gasteiger partial charge on any atom is 0.348 e. The van der Waals surface area contributed by atoms with Crippen LogP contribution in [-0.2, 0) is 12.0 Å². The molecule has 0 N–H and O–H groups in total. The second-order valence-corrected chi connectivity index (χ2v) is 7.81. The highest BCUT2D eigenvalue weighted by atomic mass is 16.1. The van der Waals surface area contributed by atoms with Gasteiger partial charge in [-0.3, -0.25) is 9.47 Å². The number of fused-ring (bicyclic) bond motifs is 1. The van der Waals surface area contributed by atoms with E-state index >= 15 is 0 Å². The Labute approximate surface area is 143 Å². The quantitative estimate of drug-likeness (QED) is 0.863. The Bertz CT molecular complexity index is 767. The molecule has 5 heteroatoms. The van der Waals surface area contributed by atoms with Crippen LogP contribution in [0.15, 0.2) is 29.1 Å². The van der Waals surface area contributed by atoms with E-state index in [0.717, 1.165) is 49.3 Å². The summed E-state index contributed by atoms with van der Waals surface area (Å²) < 4.78 is 1.84. The molecule has 24 heavy (non-hydrogen) atoms. The maximum atomic E-state index is 12.7. The van der Waals surface area contributed by atoms with E-state index in [-0.39, 0.29) is 11.1 Å². The number of hydrogen-bond donors (Lipinski definition) is 0. The van der Waals surface area contributed by atoms with Crippen LogP contribution in [0.4, 0.5) is 0 Å². The molecule has 0 aliphatic carbocycles. The molecule has 0 bridgehead atoms. The molecular formula is C19H28N4O. The van der Waals surface area contributed by atoms with E-state index in [0.29, 0.717) is 6.54 Å². The zero-order chi connectivity index (χ0) is 17.3. The van der Waals surface area contributed by atoms with Crippen molar-refractivity contribution in [2.75, 3.05) is 39.8 Å². The smallest absolute Gasteiger partial charge is 0.304 e. The average molecular weight is 328 g/mol. The van der Waals surface area contributed by atoms with Gasteiger partial charge in [0.15, 0.2) is 0 Å². The van der Waals surface area contributed by atoms with Gasteiger partial charge >= 0.3 is 5.69 Å². The van der Waals surface area contributed by atoms with Gasteiger partial charge in [0.25, 0.3) is 0 Å². The lowest BCUT2D eigenvalue weighted by atomic mass is 9.89. The fourth-order valence-corrected chi connectivity index (χ4v) is 3.33. The van der Waals surface area contributed by atoms with Crippen LogP contribution in [0.2, 0.25) is 0 Å². The summed E-state index contributed by atoms with van der Waals surface area (Å²) in [7, 11) is 2.16. The first-order chi connectivity index (χ1) is 11.4. The number of likely N-dealkylation sites (N-methyl/N-ethyl adjacent to an activating group) is 1. The molecule has 0 atom stereocenters. The van der Waals surface area contributed by atoms with Gasteiger partial charge in [-0.15, -0.1) is 0 Å². The molecule has 2 heterocycles. The lowest BCUT2D eigenvalue weighted by Gasteiger charge is -2.32. The molecule has 3 rings (SSSR count). The number of para-hydroxylation sites is 1. The highest BCUT2D eigenvalue weighted by Gasteiger charge is 2.21. The van der Waals surface area contributed by atoms with Crippen molar-refractivity contribution in [1.29, 1.82) is 0 Å². The number of aromatic nitrogens is 2. The summed E-state index contributed by atoms with van der Waals surface area (Å²) in [5.41, 5.74) is 1.61. The van der Waals surface area contributed by atoms with Gasteiger partial charge in [0.05, 0.1) is 11.2 Å². The van der Waals surface area contributed by atoms with Crippen molar-refractivity contribution in [1.82, 2.24) is 19.4 Å². The molecule has 2 aromatic rings. The summed E-state index contributed by atoms with van der Waals surface area (Å²) in [5.74, 6) is 0. The van der Waals surface area contributed by atoms with Crippen molar-refractivity contribution in [2.45, 2.75) is 32.7 Å². The first-order valence-corrected chi connectivity index (χ1v) is 8.77. The summed E-state index contributed by atoms with van der Waals surface area (Å²) in [6, 6.07) is 8.14. The maximum absolute atomic E-state index is 12.7. The first-order valence-electron chi connectivity index (χ1n) is 8.77. The standard InChI is InChI=1S/C19H28N4O/c1-19(2,3)17-15-7-5-6-8-16(15)23(18(24)20-17)14-13-22-11-9-21(4)10-12-22/h5-8H,9-14H2,1-4H3. The van der Waals surface area contributed by atoms with E-state index in [4.69, 9.17) is 0 Å². The van der Waals surface area contributed by atoms with Gasteiger partial charge in [-0.25, -0.2) is 4.79 Å². The minimum Gasteiger partial charge on any atom is -0.304 e. The summed E-state index contributed by atoms with van der Waals surface area (Å²) in [5, 5.41) is 1.09. The molecule has 0 radical (unpaired) electrons. The van der Waals surface area contributed by atoms with Crippen molar-refractivity contribution < 1.29 is 0 Å². The third-order valence-electron chi connectivity index (χ3n) is 4.83. The number of rotatable bonds is 3. The Kier molecular flexibility index (Phi) is 4.74. The second-order valence-electron chi connectivity index (χ2n) is 7.81. The van der Waals surface area contributed by atoms with E-state index in [1.165, 1.54) is 0 Å². The number of nitrogens with zero attached hydrogens (tertiary/aromatic N) is 4. The van der Waals surface area contributed by atoms with Crippen LogP contribution >= 0.6 is 0 Å². The van der Waals surface area contributed by atoms with Crippen LogP contribution in [0.5, 0.6) is 0 Å². The van der Waals surface area contributed by atoms with E-state index in [1.54, 1.807) is 0 Å². The molecule has 0 unspecified atom stereocenters. The minimum atomic E-state index is -0.144. The molecule has 1 aliphatic rings. The van der Waals surface area contributed by atoms with Crippen LogP contribution in [0.25, 0.3) is 10.9 Å². The molecule has 130 valence electrons. The van der Waals surface area contributed by atoms with Crippen LogP contribution in [0, 0.1) is 0 Å². The molecule has 0 amide bonds. The fraction of sp³-hybridized carbons (Fsp3) is 0.579. The lowest BCUT2D eigenvalue weighted by Crippen LogP contribution is -2.46. The summed E-state index contributed by atoms with van der Waals surface area (Å²) >= 11 is 0. The number of hydrogen-bond acceptors (Lipinski definition) is 4. The van der Waals surface area contributed by atoms with Gasteiger partial charge in [0.2, 0.25) is 0 Å². The van der Waals surface area contributed by atoms with Gasteiger partial charge < -0.3 is 4.90 Å². The fourth-order valence-electron chi connectivity index (χ4n) is 3.33. The van der Waals surface area contributed by atoms with Gasteiger partial charge in [-0.05, 0) is 13.1 Å². The van der Waals surface area contributed by atoms with Crippen molar-refractivity contribution in [2.24, 2.45) is 0 Å². The van der Waals surface area contributed by atoms with Gasteiger partial charge in [-0.1, -0.05) is 39.0 Å². The highest BCUT2D eigenvalue weighted by Crippen LogP contribution is 2.26. The number of piperazine rings is 1. The van der Waals surface area contributed by atoms with Crippen molar-refractivity contribution in [3.05, 3.63) is 40.4 Å². The zero-order valence-corrected chi connectivity index (χ0v) is 15.2. The van der Waals surface area contributed by atoms with Crippen LogP contribution in [0.3, 0.4) is 0 Å². The molecule has 1 saturated heterocycles. The molecule has 1 aliphatic heterocycles. The predicted octanol–water partition coefficient (Wildman–Crippen LogP) is 1.94. The molecule has 1 aromatic heterocycles. The Hall–Kier alpha value is -1.72. The zero-order valence-electron chi connectivity index (χ0n) is 15.2. The van der Waals surface area contributed by atoms with E-state index < -0.39 is 0 Å². The summed E-state index contributed by atoms with van der Waals surface area (Å²) in [6.07, 6.45) is 0. The molecule has 0 saturated carbocycles. The average Bonchev–Trinajstić information content (AvgIpc) is 2.54. The van der Waals surface area contributed by atoms with Crippen molar-refractivity contribution in [3.8, 4) is 0 Å². The lowest BCUT2D eigenvalue weighted by molar-refractivity contribution is 0.150. The van der Waals surface area contributed by atoms with Crippen molar-refractivity contribution in [3.63, 3.8) is 0 Å². The topological polar surface area (TPSA) is 41.4 Å². The van der Waals surface area contributed by atoms with Gasteiger partial charge in [-0.2, -0.15) is 4.98 Å².